The van der Waals surface area contributed by atoms with E-state index in [0.717, 1.165) is 25.4 Å². The van der Waals surface area contributed by atoms with E-state index in [4.69, 9.17) is 4.74 Å². The Morgan fingerprint density at radius 1 is 1.30 bits per heavy atom. The smallest absolute Gasteiger partial charge is 0.0833 e. The van der Waals surface area contributed by atoms with Crippen molar-refractivity contribution in [2.24, 2.45) is 0 Å². The van der Waals surface area contributed by atoms with Gasteiger partial charge in [-0.25, -0.2) is 0 Å². The molecule has 0 amide bonds. The van der Waals surface area contributed by atoms with E-state index in [9.17, 15) is 5.11 Å². The van der Waals surface area contributed by atoms with Gasteiger partial charge in [-0.15, -0.1) is 0 Å². The zero-order valence-electron chi connectivity index (χ0n) is 14.7. The number of anilines is 1. The topological polar surface area (TPSA) is 44.7 Å². The number of morpholine rings is 1. The van der Waals surface area contributed by atoms with Crippen LogP contribution in [0.4, 0.5) is 5.69 Å². The zero-order chi connectivity index (χ0) is 16.9. The molecule has 0 spiro atoms. The number of nitrogens with one attached hydrogen (secondary N) is 1. The van der Waals surface area contributed by atoms with Gasteiger partial charge in [0.2, 0.25) is 0 Å². The SMILES string of the molecule is CSCC(C)(O)CNCc1ccccc1N1CC(C)OC(C)C1. The molecule has 0 radical (unpaired) electrons. The van der Waals surface area contributed by atoms with Crippen LogP contribution >= 0.6 is 11.8 Å². The van der Waals surface area contributed by atoms with Crippen LogP contribution in [0.3, 0.4) is 0 Å². The molecule has 130 valence electrons. The van der Waals surface area contributed by atoms with Gasteiger partial charge in [-0.2, -0.15) is 11.8 Å². The highest BCUT2D eigenvalue weighted by Gasteiger charge is 2.24. The number of aliphatic hydroxyl groups is 1. The molecular weight excluding hydrogens is 308 g/mol. The fourth-order valence-electron chi connectivity index (χ4n) is 3.17. The summed E-state index contributed by atoms with van der Waals surface area (Å²) >= 11 is 1.67. The molecule has 2 rings (SSSR count). The molecule has 0 saturated carbocycles. The van der Waals surface area contributed by atoms with Crippen LogP contribution in [0.25, 0.3) is 0 Å². The highest BCUT2D eigenvalue weighted by atomic mass is 32.2. The van der Waals surface area contributed by atoms with Crippen molar-refractivity contribution >= 4 is 17.4 Å². The van der Waals surface area contributed by atoms with Crippen molar-refractivity contribution in [3.05, 3.63) is 29.8 Å². The lowest BCUT2D eigenvalue weighted by atomic mass is 10.1. The maximum absolute atomic E-state index is 10.3. The minimum absolute atomic E-state index is 0.252. The van der Waals surface area contributed by atoms with Crippen molar-refractivity contribution in [2.45, 2.75) is 45.1 Å². The molecule has 1 heterocycles. The van der Waals surface area contributed by atoms with E-state index in [1.54, 1.807) is 11.8 Å². The second-order valence-electron chi connectivity index (χ2n) is 6.82. The summed E-state index contributed by atoms with van der Waals surface area (Å²) in [6.45, 7) is 9.34. The normalized spacial score (nSPS) is 24.5. The second-order valence-corrected chi connectivity index (χ2v) is 7.69. The quantitative estimate of drug-likeness (QED) is 0.800. The first-order valence-electron chi connectivity index (χ1n) is 8.31. The molecule has 1 aliphatic rings. The van der Waals surface area contributed by atoms with E-state index in [1.807, 2.05) is 13.2 Å². The van der Waals surface area contributed by atoms with Gasteiger partial charge < -0.3 is 20.1 Å². The van der Waals surface area contributed by atoms with E-state index in [0.29, 0.717) is 6.54 Å². The van der Waals surface area contributed by atoms with Crippen LogP contribution in [-0.4, -0.2) is 54.6 Å². The third-order valence-electron chi connectivity index (χ3n) is 4.03. The molecular formula is C18H30N2O2S. The lowest BCUT2D eigenvalue weighted by molar-refractivity contribution is -0.00526. The Bertz CT molecular complexity index is 486. The average molecular weight is 339 g/mol. The number of rotatable bonds is 7. The van der Waals surface area contributed by atoms with Crippen molar-refractivity contribution < 1.29 is 9.84 Å². The summed E-state index contributed by atoms with van der Waals surface area (Å²) < 4.78 is 5.84. The number of benzene rings is 1. The summed E-state index contributed by atoms with van der Waals surface area (Å²) in [7, 11) is 0. The maximum Gasteiger partial charge on any atom is 0.0833 e. The van der Waals surface area contributed by atoms with E-state index >= 15 is 0 Å². The van der Waals surface area contributed by atoms with Crippen LogP contribution in [0.5, 0.6) is 0 Å². The van der Waals surface area contributed by atoms with Crippen LogP contribution in [0, 0.1) is 0 Å². The number of ether oxygens (including phenoxy) is 1. The molecule has 1 fully saturated rings. The first-order chi connectivity index (χ1) is 10.9. The van der Waals surface area contributed by atoms with Crippen molar-refractivity contribution in [1.82, 2.24) is 5.32 Å². The summed E-state index contributed by atoms with van der Waals surface area (Å²) in [5.74, 6) is 0.736. The van der Waals surface area contributed by atoms with Gasteiger partial charge in [0.05, 0.1) is 17.8 Å². The van der Waals surface area contributed by atoms with Crippen LogP contribution in [0.15, 0.2) is 24.3 Å². The molecule has 3 unspecified atom stereocenters. The fourth-order valence-corrected chi connectivity index (χ4v) is 3.90. The van der Waals surface area contributed by atoms with Crippen LogP contribution in [-0.2, 0) is 11.3 Å². The number of nitrogens with zero attached hydrogens (tertiary/aromatic N) is 1. The molecule has 4 nitrogen and oxygen atoms in total. The van der Waals surface area contributed by atoms with E-state index in [1.165, 1.54) is 11.3 Å². The second kappa shape index (κ2) is 8.38. The number of hydrogen-bond donors (Lipinski definition) is 2. The molecule has 1 saturated heterocycles. The Morgan fingerprint density at radius 2 is 1.96 bits per heavy atom. The molecule has 23 heavy (non-hydrogen) atoms. The minimum Gasteiger partial charge on any atom is -0.388 e. The fraction of sp³-hybridized carbons (Fsp3) is 0.667. The molecule has 0 aromatic heterocycles. The van der Waals surface area contributed by atoms with Gasteiger partial charge in [-0.3, -0.25) is 0 Å². The minimum atomic E-state index is -0.670. The third-order valence-corrected chi connectivity index (χ3v) is 4.94. The summed E-state index contributed by atoms with van der Waals surface area (Å²) in [6, 6.07) is 8.51. The molecule has 2 N–H and O–H groups in total. The average Bonchev–Trinajstić information content (AvgIpc) is 2.46. The highest BCUT2D eigenvalue weighted by molar-refractivity contribution is 7.98. The van der Waals surface area contributed by atoms with Crippen molar-refractivity contribution in [3.63, 3.8) is 0 Å². The van der Waals surface area contributed by atoms with Crippen LogP contribution in [0.1, 0.15) is 26.3 Å². The maximum atomic E-state index is 10.3. The lowest BCUT2D eigenvalue weighted by Crippen LogP contribution is -2.46. The van der Waals surface area contributed by atoms with Gasteiger partial charge in [0.15, 0.2) is 0 Å². The molecule has 1 aromatic carbocycles. The Balaban J connectivity index is 2.00. The first kappa shape index (κ1) is 18.6. The zero-order valence-corrected chi connectivity index (χ0v) is 15.5. The van der Waals surface area contributed by atoms with Crippen molar-refractivity contribution in [1.29, 1.82) is 0 Å². The first-order valence-corrected chi connectivity index (χ1v) is 9.71. The predicted octanol–water partition coefficient (Wildman–Crippen LogP) is 2.50. The lowest BCUT2D eigenvalue weighted by Gasteiger charge is -2.38. The van der Waals surface area contributed by atoms with Gasteiger partial charge in [0.25, 0.3) is 0 Å². The van der Waals surface area contributed by atoms with E-state index in [-0.39, 0.29) is 12.2 Å². The number of para-hydroxylation sites is 1. The summed E-state index contributed by atoms with van der Waals surface area (Å²) in [6.07, 6.45) is 2.52. The summed E-state index contributed by atoms with van der Waals surface area (Å²) in [4.78, 5) is 2.41. The van der Waals surface area contributed by atoms with E-state index in [2.05, 4.69) is 48.3 Å². The Kier molecular flexibility index (Phi) is 6.77. The molecule has 1 aromatic rings. The third kappa shape index (κ3) is 5.68. The van der Waals surface area contributed by atoms with Crippen molar-refractivity contribution in [3.8, 4) is 0 Å². The van der Waals surface area contributed by atoms with Gasteiger partial charge >= 0.3 is 0 Å². The predicted molar refractivity (Wildman–Crippen MR) is 99.4 cm³/mol. The Labute approximate surface area is 144 Å². The molecule has 0 bridgehead atoms. The number of hydrogen-bond acceptors (Lipinski definition) is 5. The highest BCUT2D eigenvalue weighted by Crippen LogP contribution is 2.24. The molecule has 3 atom stereocenters. The van der Waals surface area contributed by atoms with Gasteiger partial charge in [0, 0.05) is 37.6 Å². The molecule has 5 heteroatoms. The van der Waals surface area contributed by atoms with Crippen molar-refractivity contribution in [2.75, 3.05) is 36.5 Å². The van der Waals surface area contributed by atoms with Crippen LogP contribution in [0.2, 0.25) is 0 Å². The summed E-state index contributed by atoms with van der Waals surface area (Å²) in [5, 5.41) is 13.7. The monoisotopic (exact) mass is 338 g/mol. The van der Waals surface area contributed by atoms with E-state index < -0.39 is 5.60 Å². The number of thioether (sulfide) groups is 1. The standard InChI is InChI=1S/C18H30N2O2S/c1-14-10-20(11-15(2)22-14)17-8-6-5-7-16(17)9-19-12-18(3,21)13-23-4/h5-8,14-15,19,21H,9-13H2,1-4H3. The van der Waals surface area contributed by atoms with Crippen LogP contribution < -0.4 is 10.2 Å². The molecule has 0 aliphatic carbocycles. The Morgan fingerprint density at radius 3 is 2.61 bits per heavy atom. The summed E-state index contributed by atoms with van der Waals surface area (Å²) in [5.41, 5.74) is 1.87. The molecule has 1 aliphatic heterocycles. The Hall–Kier alpha value is -0.750. The van der Waals surface area contributed by atoms with Gasteiger partial charge in [-0.1, -0.05) is 18.2 Å². The van der Waals surface area contributed by atoms with Gasteiger partial charge in [0.1, 0.15) is 0 Å². The van der Waals surface area contributed by atoms with Gasteiger partial charge in [-0.05, 0) is 38.7 Å². The largest absolute Gasteiger partial charge is 0.388 e.